The van der Waals surface area contributed by atoms with Crippen molar-refractivity contribution in [1.82, 2.24) is 0 Å². The molecule has 322 valence electrons. The molecule has 0 fully saturated rings. The van der Waals surface area contributed by atoms with Crippen molar-refractivity contribution in [2.45, 2.75) is 13.8 Å². The molecule has 0 amide bonds. The van der Waals surface area contributed by atoms with Crippen LogP contribution in [0.5, 0.6) is 0 Å². The minimum atomic E-state index is 1.10. The van der Waals surface area contributed by atoms with Crippen LogP contribution in [0.2, 0.25) is 0 Å². The molecular weight excluding hydrogens is 861 g/mol. The van der Waals surface area contributed by atoms with Crippen molar-refractivity contribution in [3.8, 4) is 22.3 Å². The summed E-state index contributed by atoms with van der Waals surface area (Å²) < 4.78 is 5.25. The van der Waals surface area contributed by atoms with E-state index in [9.17, 15) is 0 Å². The average Bonchev–Trinajstić information content (AvgIpc) is 3.96. The summed E-state index contributed by atoms with van der Waals surface area (Å²) in [5.74, 6) is 0. The van der Waals surface area contributed by atoms with Gasteiger partial charge in [0.1, 0.15) is 0 Å². The van der Waals surface area contributed by atoms with Crippen molar-refractivity contribution in [2.24, 2.45) is 0 Å². The summed E-state index contributed by atoms with van der Waals surface area (Å²) in [6.45, 7) is 4.38. The molecule has 0 radical (unpaired) electrons. The molecular formula is C64H44N2S2. The molecule has 68 heavy (non-hydrogen) atoms. The molecule has 13 aromatic rings. The van der Waals surface area contributed by atoms with Crippen molar-refractivity contribution < 1.29 is 0 Å². The van der Waals surface area contributed by atoms with Crippen LogP contribution in [0, 0.1) is 13.8 Å². The van der Waals surface area contributed by atoms with E-state index in [4.69, 9.17) is 0 Å². The number of fused-ring (bicyclic) bond motifs is 8. The number of rotatable bonds is 8. The average molecular weight is 905 g/mol. The summed E-state index contributed by atoms with van der Waals surface area (Å²) in [7, 11) is 0. The second-order valence-corrected chi connectivity index (χ2v) is 19.9. The number of hydrogen-bond acceptors (Lipinski definition) is 4. The third-order valence-electron chi connectivity index (χ3n) is 13.5. The lowest BCUT2D eigenvalue weighted by atomic mass is 9.94. The van der Waals surface area contributed by atoms with Crippen molar-refractivity contribution in [2.75, 3.05) is 9.80 Å². The number of thiophene rings is 2. The Labute approximate surface area is 403 Å². The fourth-order valence-corrected chi connectivity index (χ4v) is 13.0. The van der Waals surface area contributed by atoms with Crippen LogP contribution < -0.4 is 9.80 Å². The van der Waals surface area contributed by atoms with Crippen LogP contribution in [0.3, 0.4) is 0 Å². The first-order valence-corrected chi connectivity index (χ1v) is 24.9. The van der Waals surface area contributed by atoms with Gasteiger partial charge >= 0.3 is 0 Å². The zero-order valence-electron chi connectivity index (χ0n) is 37.7. The van der Waals surface area contributed by atoms with E-state index < -0.39 is 0 Å². The molecule has 2 heterocycles. The van der Waals surface area contributed by atoms with E-state index in [0.29, 0.717) is 0 Å². The molecule has 0 N–H and O–H groups in total. The number of aryl methyl sites for hydroxylation is 2. The second kappa shape index (κ2) is 16.4. The lowest BCUT2D eigenvalue weighted by molar-refractivity contribution is 1.28. The van der Waals surface area contributed by atoms with E-state index in [-0.39, 0.29) is 0 Å². The highest BCUT2D eigenvalue weighted by Crippen LogP contribution is 2.52. The van der Waals surface area contributed by atoms with Gasteiger partial charge in [-0.3, -0.25) is 0 Å². The summed E-state index contributed by atoms with van der Waals surface area (Å²) in [5, 5.41) is 9.91. The van der Waals surface area contributed by atoms with E-state index in [1.54, 1.807) is 0 Å². The maximum atomic E-state index is 2.50. The fourth-order valence-electron chi connectivity index (χ4n) is 10.5. The Kier molecular flexibility index (Phi) is 9.71. The molecule has 2 nitrogen and oxygen atoms in total. The van der Waals surface area contributed by atoms with Gasteiger partial charge in [0.15, 0.2) is 0 Å². The summed E-state index contributed by atoms with van der Waals surface area (Å²) in [5.41, 5.74) is 14.0. The first kappa shape index (κ1) is 40.3. The highest BCUT2D eigenvalue weighted by Gasteiger charge is 2.26. The Hall–Kier alpha value is -8.02. The van der Waals surface area contributed by atoms with Gasteiger partial charge < -0.3 is 9.80 Å². The molecule has 11 aromatic carbocycles. The molecule has 4 heteroatoms. The van der Waals surface area contributed by atoms with Gasteiger partial charge in [0.05, 0.1) is 11.4 Å². The molecule has 2 aromatic heterocycles. The van der Waals surface area contributed by atoms with Gasteiger partial charge in [-0.25, -0.2) is 0 Å². The SMILES string of the molecule is Cc1cccc(N(c2cccc(-c3cccc4c3sc3ccccc34)c2)c2c3ccccc3c(N(c3cccc(C)c3)c3cccc(-c4cccc5c4sc4ccccc45)c3)c3ccccc23)c1. The fraction of sp³-hybridized carbons (Fsp3) is 0.0312. The highest BCUT2D eigenvalue weighted by molar-refractivity contribution is 7.26. The highest BCUT2D eigenvalue weighted by atomic mass is 32.1. The van der Waals surface area contributed by atoms with E-state index in [1.165, 1.54) is 95.3 Å². The monoisotopic (exact) mass is 904 g/mol. The van der Waals surface area contributed by atoms with E-state index in [0.717, 1.165) is 34.1 Å². The zero-order valence-corrected chi connectivity index (χ0v) is 39.3. The quantitative estimate of drug-likeness (QED) is 0.111. The van der Waals surface area contributed by atoms with Gasteiger partial charge in [-0.2, -0.15) is 0 Å². The van der Waals surface area contributed by atoms with Gasteiger partial charge in [0.25, 0.3) is 0 Å². The largest absolute Gasteiger partial charge is 0.309 e. The summed E-state index contributed by atoms with van der Waals surface area (Å²) in [6.07, 6.45) is 0. The second-order valence-electron chi connectivity index (χ2n) is 17.8. The number of nitrogens with zero attached hydrogens (tertiary/aromatic N) is 2. The van der Waals surface area contributed by atoms with Gasteiger partial charge in [0.2, 0.25) is 0 Å². The maximum absolute atomic E-state index is 2.50. The van der Waals surface area contributed by atoms with Crippen LogP contribution in [0.25, 0.3) is 84.1 Å². The van der Waals surface area contributed by atoms with Crippen molar-refractivity contribution >= 4 is 119 Å². The number of hydrogen-bond donors (Lipinski definition) is 0. The topological polar surface area (TPSA) is 6.48 Å². The van der Waals surface area contributed by atoms with Crippen LogP contribution in [0.1, 0.15) is 11.1 Å². The molecule has 0 atom stereocenters. The van der Waals surface area contributed by atoms with Crippen LogP contribution in [0.15, 0.2) is 231 Å². The molecule has 0 aliphatic carbocycles. The first-order chi connectivity index (χ1) is 33.6. The Morgan fingerprint density at radius 2 is 0.603 bits per heavy atom. The minimum absolute atomic E-state index is 1.10. The molecule has 13 rings (SSSR count). The summed E-state index contributed by atoms with van der Waals surface area (Å²) in [6, 6.07) is 85.3. The van der Waals surface area contributed by atoms with E-state index >= 15 is 0 Å². The standard InChI is InChI=1S/C64H44N2S2/c1-41-17-11-21-45(37-41)65(47-23-13-19-43(39-47)49-31-15-33-57-51-25-7-9-35-59(51)67-63(49)57)61-53-27-3-5-29-55(53)62(56-30-6-4-28-54(56)61)66(46-22-12-18-42(2)38-46)48-24-14-20-44(40-48)50-32-16-34-58-52-26-8-10-36-60(52)68-64(50)58/h3-40H,1-2H3. The minimum Gasteiger partial charge on any atom is -0.309 e. The third-order valence-corrected chi connectivity index (χ3v) is 15.9. The predicted molar refractivity (Wildman–Crippen MR) is 297 cm³/mol. The number of anilines is 6. The molecule has 0 aliphatic rings. The van der Waals surface area contributed by atoms with Gasteiger partial charge in [0, 0.05) is 84.6 Å². The van der Waals surface area contributed by atoms with Crippen molar-refractivity contribution in [3.05, 3.63) is 242 Å². The van der Waals surface area contributed by atoms with Crippen LogP contribution >= 0.6 is 22.7 Å². The van der Waals surface area contributed by atoms with Crippen LogP contribution in [0.4, 0.5) is 34.1 Å². The lowest BCUT2D eigenvalue weighted by Gasteiger charge is -2.33. The Balaban J connectivity index is 1.05. The van der Waals surface area contributed by atoms with Gasteiger partial charge in [-0.15, -0.1) is 22.7 Å². The molecule has 0 spiro atoms. The third kappa shape index (κ3) is 6.67. The normalized spacial score (nSPS) is 11.7. The van der Waals surface area contributed by atoms with Crippen LogP contribution in [-0.2, 0) is 0 Å². The van der Waals surface area contributed by atoms with Gasteiger partial charge in [-0.1, -0.05) is 170 Å². The number of benzene rings is 11. The molecule has 0 saturated carbocycles. The van der Waals surface area contributed by atoms with Gasteiger partial charge in [-0.05, 0) is 108 Å². The molecule has 0 bridgehead atoms. The molecule has 0 unspecified atom stereocenters. The molecule has 0 aliphatic heterocycles. The van der Waals surface area contributed by atoms with E-state index in [2.05, 4.69) is 254 Å². The van der Waals surface area contributed by atoms with Crippen molar-refractivity contribution in [3.63, 3.8) is 0 Å². The first-order valence-electron chi connectivity index (χ1n) is 23.2. The maximum Gasteiger partial charge on any atom is 0.0619 e. The van der Waals surface area contributed by atoms with Crippen LogP contribution in [-0.4, -0.2) is 0 Å². The Morgan fingerprint density at radius 3 is 1.00 bits per heavy atom. The lowest BCUT2D eigenvalue weighted by Crippen LogP contribution is -2.15. The zero-order chi connectivity index (χ0) is 45.3. The smallest absolute Gasteiger partial charge is 0.0619 e. The summed E-state index contributed by atoms with van der Waals surface area (Å²) >= 11 is 3.76. The van der Waals surface area contributed by atoms with Crippen molar-refractivity contribution in [1.29, 1.82) is 0 Å². The molecule has 0 saturated heterocycles. The Bertz CT molecular complexity index is 3780. The summed E-state index contributed by atoms with van der Waals surface area (Å²) in [4.78, 5) is 5.00. The van der Waals surface area contributed by atoms with E-state index in [1.807, 2.05) is 22.7 Å². The Morgan fingerprint density at radius 1 is 0.279 bits per heavy atom. The predicted octanol–water partition coefficient (Wildman–Crippen LogP) is 19.6.